The molecular weight excluding hydrogens is 260 g/mol. The average Bonchev–Trinajstić information content (AvgIpc) is 2.35. The maximum Gasteiger partial charge on any atom is 0.148 e. The van der Waals surface area contributed by atoms with Crippen molar-refractivity contribution >= 4 is 9.84 Å². The van der Waals surface area contributed by atoms with Crippen molar-refractivity contribution in [2.45, 2.75) is 20.0 Å². The Bertz CT molecular complexity index is 469. The molecule has 0 bridgehead atoms. The van der Waals surface area contributed by atoms with Gasteiger partial charge < -0.3 is 10.2 Å². The van der Waals surface area contributed by atoms with Crippen LogP contribution in [0.1, 0.15) is 18.1 Å². The fraction of sp³-hybridized carbons (Fsp3) is 0.571. The second kappa shape index (κ2) is 7.62. The van der Waals surface area contributed by atoms with Crippen LogP contribution in [0.3, 0.4) is 0 Å². The monoisotopic (exact) mass is 284 g/mol. The molecule has 4 nitrogen and oxygen atoms in total. The number of rotatable bonds is 8. The lowest BCUT2D eigenvalue weighted by atomic mass is 10.1. The van der Waals surface area contributed by atoms with Crippen LogP contribution in [-0.2, 0) is 22.9 Å². The predicted molar refractivity (Wildman–Crippen MR) is 79.9 cm³/mol. The minimum atomic E-state index is -2.88. The summed E-state index contributed by atoms with van der Waals surface area (Å²) in [5.41, 5.74) is 2.47. The van der Waals surface area contributed by atoms with Crippen LogP contribution < -0.4 is 5.32 Å². The third-order valence-electron chi connectivity index (χ3n) is 2.90. The first-order chi connectivity index (χ1) is 8.90. The van der Waals surface area contributed by atoms with Gasteiger partial charge in [-0.05, 0) is 24.7 Å². The van der Waals surface area contributed by atoms with Gasteiger partial charge in [0.05, 0.1) is 5.75 Å². The van der Waals surface area contributed by atoms with Crippen LogP contribution in [-0.4, -0.2) is 45.5 Å². The van der Waals surface area contributed by atoms with Crippen LogP contribution in [0.15, 0.2) is 24.3 Å². The molecule has 0 saturated heterocycles. The summed E-state index contributed by atoms with van der Waals surface area (Å²) in [6, 6.07) is 8.43. The highest BCUT2D eigenvalue weighted by molar-refractivity contribution is 7.90. The van der Waals surface area contributed by atoms with Gasteiger partial charge in [-0.25, -0.2) is 8.42 Å². The summed E-state index contributed by atoms with van der Waals surface area (Å²) in [5, 5.41) is 3.28. The topological polar surface area (TPSA) is 49.4 Å². The summed E-state index contributed by atoms with van der Waals surface area (Å²) in [6.45, 7) is 5.29. The highest BCUT2D eigenvalue weighted by atomic mass is 32.2. The highest BCUT2D eigenvalue weighted by Gasteiger charge is 2.06. The smallest absolute Gasteiger partial charge is 0.148 e. The Kier molecular flexibility index (Phi) is 6.48. The lowest BCUT2D eigenvalue weighted by Gasteiger charge is -2.16. The lowest BCUT2D eigenvalue weighted by molar-refractivity contribution is 0.346. The first kappa shape index (κ1) is 16.1. The van der Waals surface area contributed by atoms with Gasteiger partial charge in [-0.3, -0.25) is 0 Å². The standard InChI is InChI=1S/C14H24N2O2S/c1-4-15-11-13-5-7-14(8-6-13)12-16(2)9-10-19(3,17)18/h5-8,15H,4,9-12H2,1-3H3. The summed E-state index contributed by atoms with van der Waals surface area (Å²) >= 11 is 0. The van der Waals surface area contributed by atoms with E-state index in [2.05, 4.69) is 36.5 Å². The van der Waals surface area contributed by atoms with Gasteiger partial charge in [-0.2, -0.15) is 0 Å². The first-order valence-corrected chi connectivity index (χ1v) is 8.61. The van der Waals surface area contributed by atoms with Crippen LogP contribution in [0.2, 0.25) is 0 Å². The third kappa shape index (κ3) is 7.30. The molecule has 0 aliphatic carbocycles. The van der Waals surface area contributed by atoms with Crippen LogP contribution in [0.5, 0.6) is 0 Å². The van der Waals surface area contributed by atoms with E-state index in [-0.39, 0.29) is 5.75 Å². The number of nitrogens with one attached hydrogen (secondary N) is 1. The van der Waals surface area contributed by atoms with Crippen LogP contribution >= 0.6 is 0 Å². The Balaban J connectivity index is 2.44. The fourth-order valence-electron chi connectivity index (χ4n) is 1.74. The number of hydrogen-bond acceptors (Lipinski definition) is 4. The molecule has 108 valence electrons. The fourth-order valence-corrected chi connectivity index (χ4v) is 2.39. The molecular formula is C14H24N2O2S. The van der Waals surface area contributed by atoms with Gasteiger partial charge in [0.1, 0.15) is 9.84 Å². The van der Waals surface area contributed by atoms with Crippen molar-refractivity contribution in [3.05, 3.63) is 35.4 Å². The molecule has 1 rings (SSSR count). The average molecular weight is 284 g/mol. The minimum absolute atomic E-state index is 0.210. The van der Waals surface area contributed by atoms with E-state index in [0.717, 1.165) is 19.6 Å². The molecule has 0 aromatic heterocycles. The molecule has 0 amide bonds. The molecule has 0 saturated carbocycles. The SMILES string of the molecule is CCNCc1ccc(CN(C)CCS(C)(=O)=O)cc1. The quantitative estimate of drug-likeness (QED) is 0.781. The summed E-state index contributed by atoms with van der Waals surface area (Å²) in [7, 11) is -0.936. The Morgan fingerprint density at radius 2 is 1.74 bits per heavy atom. The summed E-state index contributed by atoms with van der Waals surface area (Å²) in [5.74, 6) is 0.210. The normalized spacial score (nSPS) is 12.0. The van der Waals surface area contributed by atoms with Gasteiger partial charge in [-0.1, -0.05) is 31.2 Å². The van der Waals surface area contributed by atoms with Gasteiger partial charge in [0.2, 0.25) is 0 Å². The minimum Gasteiger partial charge on any atom is -0.313 e. The molecule has 0 heterocycles. The van der Waals surface area contributed by atoms with E-state index in [1.54, 1.807) is 0 Å². The zero-order valence-electron chi connectivity index (χ0n) is 12.0. The Morgan fingerprint density at radius 3 is 2.26 bits per heavy atom. The van der Waals surface area contributed by atoms with Crippen molar-refractivity contribution in [2.24, 2.45) is 0 Å². The number of sulfone groups is 1. The number of nitrogens with zero attached hydrogens (tertiary/aromatic N) is 1. The molecule has 1 N–H and O–H groups in total. The lowest BCUT2D eigenvalue weighted by Crippen LogP contribution is -2.24. The summed E-state index contributed by atoms with van der Waals surface area (Å²) in [4.78, 5) is 2.03. The van der Waals surface area contributed by atoms with Gasteiger partial charge in [0.15, 0.2) is 0 Å². The van der Waals surface area contributed by atoms with E-state index in [1.165, 1.54) is 17.4 Å². The molecule has 5 heteroatoms. The van der Waals surface area contributed by atoms with E-state index in [4.69, 9.17) is 0 Å². The molecule has 19 heavy (non-hydrogen) atoms. The molecule has 0 fully saturated rings. The van der Waals surface area contributed by atoms with Crippen molar-refractivity contribution in [2.75, 3.05) is 32.1 Å². The van der Waals surface area contributed by atoms with E-state index in [0.29, 0.717) is 6.54 Å². The van der Waals surface area contributed by atoms with Gasteiger partial charge >= 0.3 is 0 Å². The second-order valence-corrected chi connectivity index (χ2v) is 7.22. The molecule has 1 aromatic carbocycles. The molecule has 0 radical (unpaired) electrons. The summed E-state index contributed by atoms with van der Waals surface area (Å²) in [6.07, 6.45) is 1.27. The van der Waals surface area contributed by atoms with Gasteiger partial charge in [0.25, 0.3) is 0 Å². The predicted octanol–water partition coefficient (Wildman–Crippen LogP) is 1.27. The number of benzene rings is 1. The molecule has 0 atom stereocenters. The van der Waals surface area contributed by atoms with Crippen molar-refractivity contribution in [3.8, 4) is 0 Å². The van der Waals surface area contributed by atoms with Crippen LogP contribution in [0.4, 0.5) is 0 Å². The Hall–Kier alpha value is -0.910. The Labute approximate surface area is 116 Å². The van der Waals surface area contributed by atoms with Crippen LogP contribution in [0.25, 0.3) is 0 Å². The summed E-state index contributed by atoms with van der Waals surface area (Å²) < 4.78 is 22.2. The van der Waals surface area contributed by atoms with E-state index >= 15 is 0 Å². The van der Waals surface area contributed by atoms with Crippen LogP contribution in [0, 0.1) is 0 Å². The largest absolute Gasteiger partial charge is 0.313 e. The van der Waals surface area contributed by atoms with Gasteiger partial charge in [0, 0.05) is 25.9 Å². The molecule has 0 spiro atoms. The first-order valence-electron chi connectivity index (χ1n) is 6.55. The maximum absolute atomic E-state index is 11.1. The molecule has 0 aliphatic heterocycles. The maximum atomic E-state index is 11.1. The van der Waals surface area contributed by atoms with Crippen molar-refractivity contribution in [3.63, 3.8) is 0 Å². The van der Waals surface area contributed by atoms with Crippen molar-refractivity contribution in [1.82, 2.24) is 10.2 Å². The highest BCUT2D eigenvalue weighted by Crippen LogP contribution is 2.07. The van der Waals surface area contributed by atoms with Gasteiger partial charge in [-0.15, -0.1) is 0 Å². The Morgan fingerprint density at radius 1 is 1.16 bits per heavy atom. The zero-order valence-corrected chi connectivity index (χ0v) is 12.8. The van der Waals surface area contributed by atoms with E-state index in [9.17, 15) is 8.42 Å². The van der Waals surface area contributed by atoms with Crippen molar-refractivity contribution < 1.29 is 8.42 Å². The molecule has 0 aliphatic rings. The molecule has 0 unspecified atom stereocenters. The third-order valence-corrected chi connectivity index (χ3v) is 3.82. The zero-order chi connectivity index (χ0) is 14.3. The number of hydrogen-bond donors (Lipinski definition) is 1. The molecule has 1 aromatic rings. The van der Waals surface area contributed by atoms with E-state index < -0.39 is 9.84 Å². The second-order valence-electron chi connectivity index (χ2n) is 4.96. The van der Waals surface area contributed by atoms with Crippen molar-refractivity contribution in [1.29, 1.82) is 0 Å². The van der Waals surface area contributed by atoms with E-state index in [1.807, 2.05) is 11.9 Å².